The van der Waals surface area contributed by atoms with Gasteiger partial charge in [0.2, 0.25) is 11.8 Å². The average molecular weight is 212 g/mol. The fraction of sp³-hybridized carbons (Fsp3) is 0.667. The molecule has 1 aromatic rings. The van der Waals surface area contributed by atoms with Crippen molar-refractivity contribution in [1.29, 1.82) is 0 Å². The molecule has 0 radical (unpaired) electrons. The van der Waals surface area contributed by atoms with Crippen molar-refractivity contribution in [1.82, 2.24) is 15.5 Å². The molecular weight excluding hydrogens is 196 g/mol. The van der Waals surface area contributed by atoms with Crippen LogP contribution in [-0.2, 0) is 11.2 Å². The Hall–Kier alpha value is -1.43. The van der Waals surface area contributed by atoms with Gasteiger partial charge in [0.1, 0.15) is 0 Å². The molecule has 84 valence electrons. The Morgan fingerprint density at radius 2 is 2.40 bits per heavy atom. The van der Waals surface area contributed by atoms with Gasteiger partial charge in [0, 0.05) is 32.4 Å². The zero-order valence-corrected chi connectivity index (χ0v) is 8.99. The van der Waals surface area contributed by atoms with Gasteiger partial charge in [-0.05, 0) is 0 Å². The maximum Gasteiger partial charge on any atom is 0.224 e. The van der Waals surface area contributed by atoms with Crippen LogP contribution in [0.3, 0.4) is 0 Å². The summed E-state index contributed by atoms with van der Waals surface area (Å²) in [7, 11) is 0. The van der Waals surface area contributed by atoms with Crippen LogP contribution in [0.5, 0.6) is 0 Å². The fourth-order valence-electron chi connectivity index (χ4n) is 1.02. The van der Waals surface area contributed by atoms with E-state index >= 15 is 0 Å². The van der Waals surface area contributed by atoms with Crippen LogP contribution in [0, 0.1) is 12.8 Å². The van der Waals surface area contributed by atoms with E-state index in [0.717, 1.165) is 0 Å². The molecule has 0 aliphatic carbocycles. The molecule has 1 heterocycles. The summed E-state index contributed by atoms with van der Waals surface area (Å²) in [6.45, 7) is 4.37. The van der Waals surface area contributed by atoms with Crippen LogP contribution in [0.1, 0.15) is 18.6 Å². The van der Waals surface area contributed by atoms with Crippen LogP contribution < -0.4 is 11.1 Å². The second-order valence-electron chi connectivity index (χ2n) is 3.41. The summed E-state index contributed by atoms with van der Waals surface area (Å²) in [5, 5.41) is 6.47. The van der Waals surface area contributed by atoms with E-state index in [2.05, 4.69) is 15.5 Å². The summed E-state index contributed by atoms with van der Waals surface area (Å²) < 4.78 is 4.80. The standard InChI is InChI=1S/C9H16N4O2/c1-6(5-10)9(14)11-4-3-8-12-7(2)15-13-8/h6H,3-5,10H2,1-2H3,(H,11,14). The molecule has 6 heteroatoms. The lowest BCUT2D eigenvalue weighted by molar-refractivity contribution is -0.124. The number of carbonyl (C=O) groups is 1. The molecule has 6 nitrogen and oxygen atoms in total. The van der Waals surface area contributed by atoms with E-state index in [4.69, 9.17) is 10.3 Å². The van der Waals surface area contributed by atoms with Crippen molar-refractivity contribution >= 4 is 5.91 Å². The normalized spacial score (nSPS) is 12.5. The third-order valence-corrected chi connectivity index (χ3v) is 2.02. The first-order valence-electron chi connectivity index (χ1n) is 4.90. The number of nitrogens with zero attached hydrogens (tertiary/aromatic N) is 2. The van der Waals surface area contributed by atoms with E-state index in [1.54, 1.807) is 13.8 Å². The number of aryl methyl sites for hydroxylation is 1. The number of nitrogens with one attached hydrogen (secondary N) is 1. The Morgan fingerprint density at radius 1 is 1.67 bits per heavy atom. The summed E-state index contributed by atoms with van der Waals surface area (Å²) in [6, 6.07) is 0. The van der Waals surface area contributed by atoms with Crippen LogP contribution in [0.25, 0.3) is 0 Å². The Kier molecular flexibility index (Phi) is 4.23. The van der Waals surface area contributed by atoms with Crippen LogP contribution in [-0.4, -0.2) is 29.1 Å². The second kappa shape index (κ2) is 5.45. The van der Waals surface area contributed by atoms with Gasteiger partial charge in [0.25, 0.3) is 0 Å². The molecule has 1 atom stereocenters. The lowest BCUT2D eigenvalue weighted by Crippen LogP contribution is -2.34. The van der Waals surface area contributed by atoms with Crippen molar-refractivity contribution in [3.63, 3.8) is 0 Å². The van der Waals surface area contributed by atoms with Crippen molar-refractivity contribution in [2.24, 2.45) is 11.7 Å². The maximum atomic E-state index is 11.3. The van der Waals surface area contributed by atoms with E-state index in [1.807, 2.05) is 0 Å². The molecule has 1 unspecified atom stereocenters. The van der Waals surface area contributed by atoms with E-state index in [-0.39, 0.29) is 11.8 Å². The second-order valence-corrected chi connectivity index (χ2v) is 3.41. The van der Waals surface area contributed by atoms with Crippen molar-refractivity contribution in [3.05, 3.63) is 11.7 Å². The predicted octanol–water partition coefficient (Wildman–Crippen LogP) is -0.368. The molecule has 0 fully saturated rings. The van der Waals surface area contributed by atoms with Gasteiger partial charge in [-0.1, -0.05) is 12.1 Å². The minimum absolute atomic E-state index is 0.0438. The van der Waals surface area contributed by atoms with Gasteiger partial charge in [-0.2, -0.15) is 4.98 Å². The van der Waals surface area contributed by atoms with Crippen molar-refractivity contribution in [2.75, 3.05) is 13.1 Å². The van der Waals surface area contributed by atoms with Gasteiger partial charge in [-0.15, -0.1) is 0 Å². The predicted molar refractivity (Wildman–Crippen MR) is 54.0 cm³/mol. The lowest BCUT2D eigenvalue weighted by Gasteiger charge is -2.08. The van der Waals surface area contributed by atoms with E-state index < -0.39 is 0 Å². The molecule has 0 aromatic carbocycles. The van der Waals surface area contributed by atoms with Gasteiger partial charge in [-0.25, -0.2) is 0 Å². The lowest BCUT2D eigenvalue weighted by atomic mass is 10.2. The number of nitrogens with two attached hydrogens (primary N) is 1. The van der Waals surface area contributed by atoms with Gasteiger partial charge < -0.3 is 15.6 Å². The highest BCUT2D eigenvalue weighted by Crippen LogP contribution is 1.95. The Bertz CT molecular complexity index is 324. The molecule has 0 spiro atoms. The van der Waals surface area contributed by atoms with Crippen LogP contribution in [0.4, 0.5) is 0 Å². The summed E-state index contributed by atoms with van der Waals surface area (Å²) in [5.74, 6) is 0.939. The van der Waals surface area contributed by atoms with E-state index in [9.17, 15) is 4.79 Å². The van der Waals surface area contributed by atoms with E-state index in [0.29, 0.717) is 31.2 Å². The van der Waals surface area contributed by atoms with Gasteiger partial charge in [0.15, 0.2) is 5.82 Å². The van der Waals surface area contributed by atoms with Gasteiger partial charge >= 0.3 is 0 Å². The number of carbonyl (C=O) groups excluding carboxylic acids is 1. The van der Waals surface area contributed by atoms with Crippen molar-refractivity contribution < 1.29 is 9.32 Å². The zero-order valence-electron chi connectivity index (χ0n) is 8.99. The first-order chi connectivity index (χ1) is 7.13. The first-order valence-corrected chi connectivity index (χ1v) is 4.90. The molecule has 1 rings (SSSR count). The minimum Gasteiger partial charge on any atom is -0.355 e. The van der Waals surface area contributed by atoms with Crippen LogP contribution in [0.2, 0.25) is 0 Å². The van der Waals surface area contributed by atoms with Crippen molar-refractivity contribution in [2.45, 2.75) is 20.3 Å². The van der Waals surface area contributed by atoms with Crippen LogP contribution >= 0.6 is 0 Å². The van der Waals surface area contributed by atoms with Gasteiger partial charge in [-0.3, -0.25) is 4.79 Å². The van der Waals surface area contributed by atoms with E-state index in [1.165, 1.54) is 0 Å². The molecule has 3 N–H and O–H groups in total. The fourth-order valence-corrected chi connectivity index (χ4v) is 1.02. The number of hydrogen-bond acceptors (Lipinski definition) is 5. The molecule has 1 aromatic heterocycles. The molecule has 0 aliphatic rings. The molecule has 0 saturated carbocycles. The van der Waals surface area contributed by atoms with Crippen LogP contribution in [0.15, 0.2) is 4.52 Å². The Balaban J connectivity index is 2.24. The number of aromatic nitrogens is 2. The quantitative estimate of drug-likeness (QED) is 0.694. The average Bonchev–Trinajstić information content (AvgIpc) is 2.63. The molecule has 0 bridgehead atoms. The number of amides is 1. The summed E-state index contributed by atoms with van der Waals surface area (Å²) in [4.78, 5) is 15.3. The third-order valence-electron chi connectivity index (χ3n) is 2.02. The topological polar surface area (TPSA) is 94.0 Å². The monoisotopic (exact) mass is 212 g/mol. The SMILES string of the molecule is Cc1nc(CCNC(=O)C(C)CN)no1. The minimum atomic E-state index is -0.156. The molecular formula is C9H16N4O2. The summed E-state index contributed by atoms with van der Waals surface area (Å²) in [5.41, 5.74) is 5.36. The highest BCUT2D eigenvalue weighted by molar-refractivity contribution is 5.78. The molecule has 0 saturated heterocycles. The molecule has 15 heavy (non-hydrogen) atoms. The Morgan fingerprint density at radius 3 is 2.93 bits per heavy atom. The Labute approximate surface area is 88.2 Å². The largest absolute Gasteiger partial charge is 0.355 e. The highest BCUT2D eigenvalue weighted by Gasteiger charge is 2.10. The first kappa shape index (κ1) is 11.6. The smallest absolute Gasteiger partial charge is 0.224 e. The zero-order chi connectivity index (χ0) is 11.3. The van der Waals surface area contributed by atoms with Gasteiger partial charge in [0.05, 0.1) is 0 Å². The molecule has 1 amide bonds. The molecule has 0 aliphatic heterocycles. The highest BCUT2D eigenvalue weighted by atomic mass is 16.5. The number of hydrogen-bond donors (Lipinski definition) is 2. The summed E-state index contributed by atoms with van der Waals surface area (Å²) in [6.07, 6.45) is 0.570. The number of rotatable bonds is 5. The van der Waals surface area contributed by atoms with Crippen molar-refractivity contribution in [3.8, 4) is 0 Å². The third kappa shape index (κ3) is 3.67. The summed E-state index contributed by atoms with van der Waals surface area (Å²) >= 11 is 0. The maximum absolute atomic E-state index is 11.3.